The molecule has 0 amide bonds. The van der Waals surface area contributed by atoms with Gasteiger partial charge in [0.2, 0.25) is 5.78 Å². The van der Waals surface area contributed by atoms with Gasteiger partial charge in [-0.2, -0.15) is 5.10 Å². The normalized spacial score (nSPS) is 10.5. The summed E-state index contributed by atoms with van der Waals surface area (Å²) in [6.45, 7) is 2.57. The zero-order chi connectivity index (χ0) is 14.0. The molecule has 0 unspecified atom stereocenters. The fourth-order valence-electron chi connectivity index (χ4n) is 1.76. The molecule has 0 saturated heterocycles. The van der Waals surface area contributed by atoms with Crippen molar-refractivity contribution in [3.05, 3.63) is 44.6 Å². The van der Waals surface area contributed by atoms with Gasteiger partial charge in [0.25, 0.3) is 0 Å². The van der Waals surface area contributed by atoms with Crippen LogP contribution >= 0.6 is 31.9 Å². The van der Waals surface area contributed by atoms with Crippen LogP contribution in [0.2, 0.25) is 0 Å². The van der Waals surface area contributed by atoms with Gasteiger partial charge in [-0.25, -0.2) is 0 Å². The van der Waals surface area contributed by atoms with E-state index in [4.69, 9.17) is 4.74 Å². The third kappa shape index (κ3) is 2.74. The smallest absolute Gasteiger partial charge is 0.213 e. The number of hydrogen-bond acceptors (Lipinski definition) is 3. The van der Waals surface area contributed by atoms with E-state index in [9.17, 15) is 4.79 Å². The highest BCUT2D eigenvalue weighted by Crippen LogP contribution is 2.27. The van der Waals surface area contributed by atoms with Crippen LogP contribution in [-0.2, 0) is 6.54 Å². The Bertz CT molecular complexity index is 623. The molecule has 1 heterocycles. The van der Waals surface area contributed by atoms with Crippen molar-refractivity contribution in [2.24, 2.45) is 0 Å². The van der Waals surface area contributed by atoms with Crippen molar-refractivity contribution < 1.29 is 9.53 Å². The van der Waals surface area contributed by atoms with E-state index in [0.29, 0.717) is 28.0 Å². The molecule has 0 aliphatic carbocycles. The summed E-state index contributed by atoms with van der Waals surface area (Å²) in [6.07, 6.45) is 1.63. The lowest BCUT2D eigenvalue weighted by molar-refractivity contribution is 0.102. The van der Waals surface area contributed by atoms with E-state index in [1.807, 2.05) is 6.92 Å². The quantitative estimate of drug-likeness (QED) is 0.752. The average molecular weight is 388 g/mol. The number of hydrogen-bond donors (Lipinski definition) is 0. The fourth-order valence-corrected chi connectivity index (χ4v) is 2.66. The van der Waals surface area contributed by atoms with Gasteiger partial charge < -0.3 is 4.74 Å². The average Bonchev–Trinajstić information content (AvgIpc) is 2.79. The summed E-state index contributed by atoms with van der Waals surface area (Å²) in [5.74, 6) is 0.544. The maximum atomic E-state index is 12.6. The number of ether oxygens (including phenoxy) is 1. The number of rotatable bonds is 4. The molecule has 100 valence electrons. The van der Waals surface area contributed by atoms with E-state index in [0.717, 1.165) is 4.47 Å². The van der Waals surface area contributed by atoms with Crippen molar-refractivity contribution in [1.82, 2.24) is 9.78 Å². The van der Waals surface area contributed by atoms with E-state index in [1.54, 1.807) is 36.2 Å². The van der Waals surface area contributed by atoms with Gasteiger partial charge >= 0.3 is 0 Å². The molecule has 0 bridgehead atoms. The van der Waals surface area contributed by atoms with Gasteiger partial charge in [0.15, 0.2) is 0 Å². The molecule has 0 saturated carbocycles. The van der Waals surface area contributed by atoms with Gasteiger partial charge in [-0.15, -0.1) is 0 Å². The summed E-state index contributed by atoms with van der Waals surface area (Å²) < 4.78 is 8.24. The van der Waals surface area contributed by atoms with E-state index in [-0.39, 0.29) is 5.78 Å². The minimum atomic E-state index is -0.1000. The monoisotopic (exact) mass is 386 g/mol. The molecule has 0 spiro atoms. The lowest BCUT2D eigenvalue weighted by Gasteiger charge is -2.08. The Morgan fingerprint density at radius 3 is 2.74 bits per heavy atom. The molecule has 19 heavy (non-hydrogen) atoms. The van der Waals surface area contributed by atoms with Crippen LogP contribution in [0.1, 0.15) is 23.0 Å². The first-order valence-electron chi connectivity index (χ1n) is 5.68. The summed E-state index contributed by atoms with van der Waals surface area (Å²) in [5.41, 5.74) is 1.09. The number of ketones is 1. The number of carbonyl (C=O) groups is 1. The number of methoxy groups -OCH3 is 1. The predicted octanol–water partition coefficient (Wildman–Crippen LogP) is 3.67. The fraction of sp³-hybridized carbons (Fsp3) is 0.231. The Hall–Kier alpha value is -1.14. The molecule has 1 aromatic carbocycles. The second kappa shape index (κ2) is 5.88. The summed E-state index contributed by atoms with van der Waals surface area (Å²) in [6, 6.07) is 5.31. The highest BCUT2D eigenvalue weighted by molar-refractivity contribution is 9.10. The molecule has 1 aromatic heterocycles. The Labute approximate surface area is 128 Å². The zero-order valence-corrected chi connectivity index (χ0v) is 13.7. The van der Waals surface area contributed by atoms with Crippen LogP contribution in [0.3, 0.4) is 0 Å². The molecule has 0 radical (unpaired) electrons. The molecule has 0 fully saturated rings. The first kappa shape index (κ1) is 14.3. The first-order valence-corrected chi connectivity index (χ1v) is 7.26. The van der Waals surface area contributed by atoms with Crippen molar-refractivity contribution in [3.63, 3.8) is 0 Å². The molecule has 0 atom stereocenters. The summed E-state index contributed by atoms with van der Waals surface area (Å²) in [7, 11) is 1.57. The highest BCUT2D eigenvalue weighted by atomic mass is 79.9. The molecule has 0 aliphatic heterocycles. The number of benzene rings is 1. The van der Waals surface area contributed by atoms with Gasteiger partial charge in [-0.1, -0.05) is 15.9 Å². The number of carbonyl (C=O) groups excluding carboxylic acids is 1. The van der Waals surface area contributed by atoms with E-state index < -0.39 is 0 Å². The van der Waals surface area contributed by atoms with Crippen LogP contribution in [0.4, 0.5) is 0 Å². The molecular formula is C13H12Br2N2O2. The van der Waals surface area contributed by atoms with Crippen LogP contribution in [-0.4, -0.2) is 22.7 Å². The molecule has 2 aromatic rings. The number of halogens is 2. The topological polar surface area (TPSA) is 44.1 Å². The van der Waals surface area contributed by atoms with Gasteiger partial charge in [-0.05, 0) is 41.1 Å². The minimum absolute atomic E-state index is 0.1000. The molecule has 2 rings (SSSR count). The van der Waals surface area contributed by atoms with Crippen LogP contribution in [0.15, 0.2) is 33.3 Å². The first-order chi connectivity index (χ1) is 9.08. The number of aryl methyl sites for hydroxylation is 1. The largest absolute Gasteiger partial charge is 0.497 e. The van der Waals surface area contributed by atoms with Crippen LogP contribution in [0.25, 0.3) is 0 Å². The van der Waals surface area contributed by atoms with Crippen molar-refractivity contribution in [1.29, 1.82) is 0 Å². The standard InChI is InChI=1S/C13H12Br2N2O2/c1-3-17-12(11(15)7-16-17)13(18)9-6-8(19-2)4-5-10(9)14/h4-7H,3H2,1-2H3. The summed E-state index contributed by atoms with van der Waals surface area (Å²) in [4.78, 5) is 12.6. The minimum Gasteiger partial charge on any atom is -0.497 e. The van der Waals surface area contributed by atoms with Crippen LogP contribution in [0, 0.1) is 0 Å². The predicted molar refractivity (Wildman–Crippen MR) is 79.7 cm³/mol. The van der Waals surface area contributed by atoms with Crippen molar-refractivity contribution in [2.75, 3.05) is 7.11 Å². The maximum Gasteiger partial charge on any atom is 0.213 e. The Morgan fingerprint density at radius 1 is 1.37 bits per heavy atom. The molecule has 0 aliphatic rings. The van der Waals surface area contributed by atoms with Crippen molar-refractivity contribution in [3.8, 4) is 5.75 Å². The van der Waals surface area contributed by atoms with Crippen molar-refractivity contribution in [2.45, 2.75) is 13.5 Å². The van der Waals surface area contributed by atoms with Gasteiger partial charge in [-0.3, -0.25) is 9.48 Å². The third-order valence-electron chi connectivity index (χ3n) is 2.73. The third-order valence-corrected chi connectivity index (χ3v) is 4.00. The van der Waals surface area contributed by atoms with E-state index in [2.05, 4.69) is 37.0 Å². The van der Waals surface area contributed by atoms with Crippen molar-refractivity contribution >= 4 is 37.6 Å². The second-order valence-corrected chi connectivity index (χ2v) is 5.54. The SMILES string of the molecule is CCn1ncc(Br)c1C(=O)c1cc(OC)ccc1Br. The molecule has 6 heteroatoms. The van der Waals surface area contributed by atoms with Gasteiger partial charge in [0, 0.05) is 16.6 Å². The zero-order valence-electron chi connectivity index (χ0n) is 10.5. The second-order valence-electron chi connectivity index (χ2n) is 3.83. The summed E-state index contributed by atoms with van der Waals surface area (Å²) in [5, 5.41) is 4.16. The van der Waals surface area contributed by atoms with Gasteiger partial charge in [0.1, 0.15) is 11.4 Å². The van der Waals surface area contributed by atoms with Crippen LogP contribution in [0.5, 0.6) is 5.75 Å². The lowest BCUT2D eigenvalue weighted by atomic mass is 10.1. The summed E-state index contributed by atoms with van der Waals surface area (Å²) >= 11 is 6.76. The highest BCUT2D eigenvalue weighted by Gasteiger charge is 2.20. The van der Waals surface area contributed by atoms with Gasteiger partial charge in [0.05, 0.1) is 17.8 Å². The van der Waals surface area contributed by atoms with Crippen LogP contribution < -0.4 is 4.74 Å². The lowest BCUT2D eigenvalue weighted by Crippen LogP contribution is -2.11. The Morgan fingerprint density at radius 2 is 2.11 bits per heavy atom. The number of aromatic nitrogens is 2. The molecular weight excluding hydrogens is 376 g/mol. The molecule has 4 nitrogen and oxygen atoms in total. The number of nitrogens with zero attached hydrogens (tertiary/aromatic N) is 2. The Kier molecular flexibility index (Phi) is 4.42. The maximum absolute atomic E-state index is 12.6. The Balaban J connectivity index is 2.52. The molecule has 0 N–H and O–H groups in total. The van der Waals surface area contributed by atoms with E-state index >= 15 is 0 Å². The van der Waals surface area contributed by atoms with E-state index in [1.165, 1.54) is 0 Å².